The number of benzene rings is 1. The van der Waals surface area contributed by atoms with Crippen LogP contribution < -0.4 is 0 Å². The Bertz CT molecular complexity index is 576. The quantitative estimate of drug-likeness (QED) is 0.786. The molecule has 3 rings (SSSR count). The average Bonchev–Trinajstić information content (AvgIpc) is 3.04. The van der Waals surface area contributed by atoms with Crippen LogP contribution in [-0.4, -0.2) is 41.9 Å². The number of carbonyl (C=O) groups excluding carboxylic acids is 1. The van der Waals surface area contributed by atoms with Gasteiger partial charge in [0.1, 0.15) is 5.82 Å². The molecule has 1 heterocycles. The Morgan fingerprint density at radius 3 is 2.70 bits per heavy atom. The van der Waals surface area contributed by atoms with Crippen molar-refractivity contribution in [1.82, 2.24) is 9.80 Å². The number of hydrogen-bond acceptors (Lipinski definition) is 2. The van der Waals surface area contributed by atoms with Crippen LogP contribution in [0, 0.1) is 11.7 Å². The summed E-state index contributed by atoms with van der Waals surface area (Å²) in [6.45, 7) is 3.44. The molecular formula is C18H22ClFN2O. The second-order valence-electron chi connectivity index (χ2n) is 6.33. The Morgan fingerprint density at radius 2 is 2.04 bits per heavy atom. The number of halogens is 2. The molecule has 1 saturated heterocycles. The maximum absolute atomic E-state index is 13.9. The smallest absolute Gasteiger partial charge is 0.223 e. The highest BCUT2D eigenvalue weighted by molar-refractivity contribution is 6.31. The topological polar surface area (TPSA) is 23.6 Å². The lowest BCUT2D eigenvalue weighted by Gasteiger charge is -2.35. The highest BCUT2D eigenvalue weighted by Gasteiger charge is 2.24. The average molecular weight is 337 g/mol. The number of allylic oxidation sites excluding steroid dienone is 2. The summed E-state index contributed by atoms with van der Waals surface area (Å²) in [5.74, 6) is 0.395. The zero-order valence-corrected chi connectivity index (χ0v) is 13.9. The molecule has 0 aromatic heterocycles. The normalized spacial score (nSPS) is 21.8. The molecule has 0 N–H and O–H groups in total. The molecule has 1 aromatic rings. The number of carbonyl (C=O) groups is 1. The van der Waals surface area contributed by atoms with Crippen molar-refractivity contribution in [3.05, 3.63) is 46.8 Å². The van der Waals surface area contributed by atoms with Crippen LogP contribution >= 0.6 is 11.6 Å². The largest absolute Gasteiger partial charge is 0.340 e. The van der Waals surface area contributed by atoms with Gasteiger partial charge in [0.15, 0.2) is 0 Å². The van der Waals surface area contributed by atoms with Crippen LogP contribution in [0.25, 0.3) is 0 Å². The van der Waals surface area contributed by atoms with E-state index in [2.05, 4.69) is 17.1 Å². The van der Waals surface area contributed by atoms with Crippen molar-refractivity contribution in [3.63, 3.8) is 0 Å². The summed E-state index contributed by atoms with van der Waals surface area (Å²) in [5, 5.41) is 0.469. The standard InChI is InChI=1S/C18H22ClFN2O/c19-16-6-3-7-17(20)15(16)13-21-8-10-22(11-9-21)18(23)12-14-4-1-2-5-14/h1,3-4,6-7,14H,2,5,8-13H2/t14-/m1/s1. The van der Waals surface area contributed by atoms with Crippen molar-refractivity contribution in [2.24, 2.45) is 5.92 Å². The molecule has 1 aliphatic heterocycles. The zero-order valence-electron chi connectivity index (χ0n) is 13.2. The molecule has 23 heavy (non-hydrogen) atoms. The lowest BCUT2D eigenvalue weighted by molar-refractivity contribution is -0.133. The van der Waals surface area contributed by atoms with Gasteiger partial charge in [-0.1, -0.05) is 29.8 Å². The predicted octanol–water partition coefficient (Wildman–Crippen LogP) is 3.48. The zero-order chi connectivity index (χ0) is 16.2. The molecule has 1 atom stereocenters. The SMILES string of the molecule is O=C(C[C@@H]1C=CCC1)N1CCN(Cc2c(F)cccc2Cl)CC1. The van der Waals surface area contributed by atoms with E-state index in [4.69, 9.17) is 11.6 Å². The summed E-state index contributed by atoms with van der Waals surface area (Å²) in [4.78, 5) is 16.4. The van der Waals surface area contributed by atoms with E-state index >= 15 is 0 Å². The number of hydrogen-bond donors (Lipinski definition) is 0. The Balaban J connectivity index is 1.50. The van der Waals surface area contributed by atoms with Gasteiger partial charge in [-0.05, 0) is 30.9 Å². The van der Waals surface area contributed by atoms with E-state index in [1.165, 1.54) is 6.07 Å². The molecule has 0 saturated carbocycles. The number of rotatable bonds is 4. The van der Waals surface area contributed by atoms with Crippen molar-refractivity contribution in [3.8, 4) is 0 Å². The van der Waals surface area contributed by atoms with E-state index in [1.807, 2.05) is 4.90 Å². The minimum atomic E-state index is -0.260. The minimum Gasteiger partial charge on any atom is -0.340 e. The third-order valence-corrected chi connectivity index (χ3v) is 5.07. The first-order chi connectivity index (χ1) is 11.1. The lowest BCUT2D eigenvalue weighted by Crippen LogP contribution is -2.48. The maximum atomic E-state index is 13.9. The van der Waals surface area contributed by atoms with Crippen LogP contribution in [0.3, 0.4) is 0 Å². The van der Waals surface area contributed by atoms with E-state index in [0.29, 0.717) is 42.6 Å². The summed E-state index contributed by atoms with van der Waals surface area (Å²) in [5.41, 5.74) is 0.546. The second-order valence-corrected chi connectivity index (χ2v) is 6.73. The van der Waals surface area contributed by atoms with Gasteiger partial charge in [-0.3, -0.25) is 9.69 Å². The number of piperazine rings is 1. The fraction of sp³-hybridized carbons (Fsp3) is 0.500. The van der Waals surface area contributed by atoms with Gasteiger partial charge >= 0.3 is 0 Å². The lowest BCUT2D eigenvalue weighted by atomic mass is 10.0. The molecule has 1 amide bonds. The first kappa shape index (κ1) is 16.5. The van der Waals surface area contributed by atoms with Crippen molar-refractivity contribution in [1.29, 1.82) is 0 Å². The van der Waals surface area contributed by atoms with E-state index < -0.39 is 0 Å². The van der Waals surface area contributed by atoms with Gasteiger partial charge in [0.05, 0.1) is 0 Å². The van der Waals surface area contributed by atoms with Gasteiger partial charge in [-0.15, -0.1) is 0 Å². The third-order valence-electron chi connectivity index (χ3n) is 4.72. The monoisotopic (exact) mass is 336 g/mol. The van der Waals surface area contributed by atoms with Crippen molar-refractivity contribution in [2.45, 2.75) is 25.8 Å². The molecule has 5 heteroatoms. The van der Waals surface area contributed by atoms with Crippen molar-refractivity contribution in [2.75, 3.05) is 26.2 Å². The van der Waals surface area contributed by atoms with Gasteiger partial charge in [0.25, 0.3) is 0 Å². The molecule has 0 radical (unpaired) electrons. The number of amides is 1. The Hall–Kier alpha value is -1.39. The van der Waals surface area contributed by atoms with Gasteiger partial charge in [-0.25, -0.2) is 4.39 Å². The fourth-order valence-electron chi connectivity index (χ4n) is 3.28. The van der Waals surface area contributed by atoms with E-state index in [0.717, 1.165) is 25.9 Å². The molecule has 0 unspecified atom stereocenters. The van der Waals surface area contributed by atoms with Gasteiger partial charge < -0.3 is 4.90 Å². The van der Waals surface area contributed by atoms with E-state index in [-0.39, 0.29) is 11.7 Å². The van der Waals surface area contributed by atoms with Gasteiger partial charge in [0, 0.05) is 49.7 Å². The third kappa shape index (κ3) is 4.12. The van der Waals surface area contributed by atoms with Gasteiger partial charge in [-0.2, -0.15) is 0 Å². The predicted molar refractivity (Wildman–Crippen MR) is 89.7 cm³/mol. The summed E-state index contributed by atoms with van der Waals surface area (Å²) >= 11 is 6.09. The van der Waals surface area contributed by atoms with E-state index in [1.54, 1.807) is 12.1 Å². The minimum absolute atomic E-state index is 0.241. The summed E-state index contributed by atoms with van der Waals surface area (Å²) in [7, 11) is 0. The first-order valence-electron chi connectivity index (χ1n) is 8.23. The number of nitrogens with zero attached hydrogens (tertiary/aromatic N) is 2. The summed E-state index contributed by atoms with van der Waals surface area (Å²) in [6.07, 6.45) is 7.13. The van der Waals surface area contributed by atoms with Crippen LogP contribution in [0.15, 0.2) is 30.4 Å². The van der Waals surface area contributed by atoms with Gasteiger partial charge in [0.2, 0.25) is 5.91 Å². The van der Waals surface area contributed by atoms with Crippen LogP contribution in [0.2, 0.25) is 5.02 Å². The molecule has 0 spiro atoms. The fourth-order valence-corrected chi connectivity index (χ4v) is 3.50. The molecule has 0 bridgehead atoms. The molecule has 1 aromatic carbocycles. The Kier molecular flexibility index (Phi) is 5.34. The van der Waals surface area contributed by atoms with Crippen LogP contribution in [0.5, 0.6) is 0 Å². The van der Waals surface area contributed by atoms with Crippen LogP contribution in [-0.2, 0) is 11.3 Å². The highest BCUT2D eigenvalue weighted by Crippen LogP contribution is 2.23. The first-order valence-corrected chi connectivity index (χ1v) is 8.61. The molecule has 1 fully saturated rings. The Morgan fingerprint density at radius 1 is 1.26 bits per heavy atom. The van der Waals surface area contributed by atoms with E-state index in [9.17, 15) is 9.18 Å². The van der Waals surface area contributed by atoms with Crippen molar-refractivity contribution < 1.29 is 9.18 Å². The molecule has 1 aliphatic carbocycles. The maximum Gasteiger partial charge on any atom is 0.223 e. The van der Waals surface area contributed by atoms with Crippen LogP contribution in [0.1, 0.15) is 24.8 Å². The second kappa shape index (κ2) is 7.45. The van der Waals surface area contributed by atoms with Crippen LogP contribution in [0.4, 0.5) is 4.39 Å². The summed E-state index contributed by atoms with van der Waals surface area (Å²) < 4.78 is 13.9. The highest BCUT2D eigenvalue weighted by atomic mass is 35.5. The molecule has 3 nitrogen and oxygen atoms in total. The molecule has 2 aliphatic rings. The Labute approximate surface area is 141 Å². The summed E-state index contributed by atoms with van der Waals surface area (Å²) in [6, 6.07) is 4.78. The van der Waals surface area contributed by atoms with Crippen molar-refractivity contribution >= 4 is 17.5 Å². The molecule has 124 valence electrons. The molecular weight excluding hydrogens is 315 g/mol.